The average Bonchev–Trinajstić information content (AvgIpc) is 2.89. The Morgan fingerprint density at radius 2 is 0.789 bits per heavy atom. The van der Waals surface area contributed by atoms with Crippen LogP contribution in [-0.4, -0.2) is 24.1 Å². The Bertz CT molecular complexity index is 698. The highest BCUT2D eigenvalue weighted by Gasteiger charge is 2.03. The van der Waals surface area contributed by atoms with E-state index >= 15 is 0 Å². The van der Waals surface area contributed by atoms with Crippen LogP contribution in [-0.2, 0) is 19.1 Å². The van der Waals surface area contributed by atoms with Gasteiger partial charge in [-0.05, 0) is 63.5 Å². The van der Waals surface area contributed by atoms with E-state index in [9.17, 15) is 9.59 Å². The van der Waals surface area contributed by atoms with Crippen LogP contribution in [0.5, 0.6) is 0 Å². The van der Waals surface area contributed by atoms with Gasteiger partial charge in [-0.2, -0.15) is 0 Å². The standard InChI is InChI=1S/C34H52O4/c1-5-33(37-31(3)35)29-27-25-23-21-19-17-15-13-11-9-7-8-10-12-14-16-18-20-22-24-26-28-30-34(6-2)38-32(4)36/h1-2,7-8,27-30,33-34H,9-26H2,3-4H3/b8-7-,29-27+,30-28+/t33-,34-/m1/s1. The Labute approximate surface area is 233 Å². The molecule has 38 heavy (non-hydrogen) atoms. The number of allylic oxidation sites excluding steroid dienone is 4. The first-order valence-corrected chi connectivity index (χ1v) is 14.7. The second kappa shape index (κ2) is 27.3. The molecule has 0 aliphatic heterocycles. The monoisotopic (exact) mass is 524 g/mol. The van der Waals surface area contributed by atoms with E-state index in [0.29, 0.717) is 0 Å². The first kappa shape index (κ1) is 35.3. The molecule has 0 aliphatic carbocycles. The van der Waals surface area contributed by atoms with E-state index in [4.69, 9.17) is 22.3 Å². The lowest BCUT2D eigenvalue weighted by Crippen LogP contribution is -2.10. The van der Waals surface area contributed by atoms with Crippen LogP contribution in [0.2, 0.25) is 0 Å². The molecule has 0 rings (SSSR count). The van der Waals surface area contributed by atoms with E-state index in [1.165, 1.54) is 104 Å². The van der Waals surface area contributed by atoms with Crippen LogP contribution in [0.4, 0.5) is 0 Å². The van der Waals surface area contributed by atoms with Crippen molar-refractivity contribution in [3.63, 3.8) is 0 Å². The minimum absolute atomic E-state index is 0.344. The zero-order chi connectivity index (χ0) is 28.1. The average molecular weight is 525 g/mol. The predicted molar refractivity (Wildman–Crippen MR) is 159 cm³/mol. The summed E-state index contributed by atoms with van der Waals surface area (Å²) in [4.78, 5) is 21.8. The summed E-state index contributed by atoms with van der Waals surface area (Å²) in [7, 11) is 0. The van der Waals surface area contributed by atoms with Crippen LogP contribution < -0.4 is 0 Å². The summed E-state index contributed by atoms with van der Waals surface area (Å²) in [6.45, 7) is 2.75. The minimum Gasteiger partial charge on any atom is -0.445 e. The number of hydrogen-bond acceptors (Lipinski definition) is 4. The van der Waals surface area contributed by atoms with Crippen molar-refractivity contribution in [2.24, 2.45) is 0 Å². The molecule has 4 nitrogen and oxygen atoms in total. The summed E-state index contributed by atoms with van der Waals surface area (Å²) in [6.07, 6.45) is 44.2. The molecule has 2 atom stereocenters. The van der Waals surface area contributed by atoms with Gasteiger partial charge in [-0.25, -0.2) is 0 Å². The van der Waals surface area contributed by atoms with Gasteiger partial charge in [-0.3, -0.25) is 9.59 Å². The van der Waals surface area contributed by atoms with E-state index in [1.54, 1.807) is 12.2 Å². The van der Waals surface area contributed by atoms with E-state index in [1.807, 2.05) is 12.2 Å². The molecular weight excluding hydrogens is 472 g/mol. The number of ether oxygens (including phenoxy) is 2. The summed E-state index contributed by atoms with van der Waals surface area (Å²) in [5.74, 6) is 4.23. The van der Waals surface area contributed by atoms with Gasteiger partial charge in [0.1, 0.15) is 0 Å². The normalized spacial score (nSPS) is 12.9. The van der Waals surface area contributed by atoms with Crippen molar-refractivity contribution in [2.75, 3.05) is 0 Å². The third kappa shape index (κ3) is 26.3. The molecule has 0 heterocycles. The molecule has 0 spiro atoms. The molecule has 0 unspecified atom stereocenters. The lowest BCUT2D eigenvalue weighted by atomic mass is 10.1. The largest absolute Gasteiger partial charge is 0.445 e. The number of esters is 2. The van der Waals surface area contributed by atoms with Gasteiger partial charge in [-0.15, -0.1) is 12.8 Å². The van der Waals surface area contributed by atoms with Crippen LogP contribution in [0, 0.1) is 24.7 Å². The summed E-state index contributed by atoms with van der Waals surface area (Å²) >= 11 is 0. The summed E-state index contributed by atoms with van der Waals surface area (Å²) in [5, 5.41) is 0. The Morgan fingerprint density at radius 3 is 1.05 bits per heavy atom. The maximum atomic E-state index is 10.9. The molecule has 0 aromatic rings. The molecule has 0 N–H and O–H groups in total. The lowest BCUT2D eigenvalue weighted by Gasteiger charge is -2.05. The van der Waals surface area contributed by atoms with Gasteiger partial charge in [0, 0.05) is 13.8 Å². The van der Waals surface area contributed by atoms with Crippen molar-refractivity contribution in [3.8, 4) is 24.7 Å². The van der Waals surface area contributed by atoms with Crippen LogP contribution in [0.1, 0.15) is 129 Å². The van der Waals surface area contributed by atoms with Crippen LogP contribution in [0.15, 0.2) is 36.5 Å². The molecule has 0 amide bonds. The van der Waals surface area contributed by atoms with Gasteiger partial charge in [0.2, 0.25) is 0 Å². The number of terminal acetylenes is 2. The van der Waals surface area contributed by atoms with Crippen LogP contribution in [0.3, 0.4) is 0 Å². The SMILES string of the molecule is C#C[C@H](/C=C/CCCCCCCCC/C=C\CCCCCCCCC/C=C/[C@@H](C#C)OC(C)=O)OC(C)=O. The molecular formula is C34H52O4. The molecule has 0 saturated heterocycles. The topological polar surface area (TPSA) is 52.6 Å². The fourth-order valence-corrected chi connectivity index (χ4v) is 4.11. The van der Waals surface area contributed by atoms with Crippen LogP contribution >= 0.6 is 0 Å². The first-order valence-electron chi connectivity index (χ1n) is 14.7. The van der Waals surface area contributed by atoms with Gasteiger partial charge < -0.3 is 9.47 Å². The van der Waals surface area contributed by atoms with Crippen molar-refractivity contribution in [3.05, 3.63) is 36.5 Å². The Kier molecular flexibility index (Phi) is 25.4. The second-order valence-electron chi connectivity index (χ2n) is 9.83. The van der Waals surface area contributed by atoms with Crippen LogP contribution in [0.25, 0.3) is 0 Å². The molecule has 0 bridgehead atoms. The van der Waals surface area contributed by atoms with E-state index in [0.717, 1.165) is 25.7 Å². The maximum absolute atomic E-state index is 10.9. The molecule has 0 aromatic heterocycles. The molecule has 0 aromatic carbocycles. The summed E-state index contributed by atoms with van der Waals surface area (Å²) in [5.41, 5.74) is 0. The first-order chi connectivity index (χ1) is 18.5. The zero-order valence-electron chi connectivity index (χ0n) is 24.1. The fourth-order valence-electron chi connectivity index (χ4n) is 4.11. The Hall–Kier alpha value is -2.72. The van der Waals surface area contributed by atoms with E-state index < -0.39 is 12.2 Å². The highest BCUT2D eigenvalue weighted by molar-refractivity contribution is 5.67. The number of carbonyl (C=O) groups is 2. The maximum Gasteiger partial charge on any atom is 0.304 e. The molecule has 0 saturated carbocycles. The van der Waals surface area contributed by atoms with Gasteiger partial charge in [0.05, 0.1) is 0 Å². The molecule has 0 aliphatic rings. The predicted octanol–water partition coefficient (Wildman–Crippen LogP) is 8.81. The number of unbranched alkanes of at least 4 members (excludes halogenated alkanes) is 16. The molecule has 0 radical (unpaired) electrons. The molecule has 212 valence electrons. The smallest absolute Gasteiger partial charge is 0.304 e. The van der Waals surface area contributed by atoms with Gasteiger partial charge in [0.15, 0.2) is 12.2 Å². The third-order valence-electron chi connectivity index (χ3n) is 6.19. The number of carbonyl (C=O) groups excluding carboxylic acids is 2. The highest BCUT2D eigenvalue weighted by atomic mass is 16.5. The van der Waals surface area contributed by atoms with Crippen molar-refractivity contribution in [1.29, 1.82) is 0 Å². The third-order valence-corrected chi connectivity index (χ3v) is 6.19. The molecule has 4 heteroatoms. The highest BCUT2D eigenvalue weighted by Crippen LogP contribution is 2.12. The van der Waals surface area contributed by atoms with Gasteiger partial charge in [0.25, 0.3) is 0 Å². The zero-order valence-corrected chi connectivity index (χ0v) is 24.1. The van der Waals surface area contributed by atoms with Crippen molar-refractivity contribution in [2.45, 2.75) is 142 Å². The van der Waals surface area contributed by atoms with Gasteiger partial charge >= 0.3 is 11.9 Å². The summed E-state index contributed by atoms with van der Waals surface area (Å²) < 4.78 is 9.97. The molecule has 0 fully saturated rings. The van der Waals surface area contributed by atoms with Gasteiger partial charge in [-0.1, -0.05) is 100 Å². The van der Waals surface area contributed by atoms with E-state index in [-0.39, 0.29) is 11.9 Å². The summed E-state index contributed by atoms with van der Waals surface area (Å²) in [6, 6.07) is 0. The number of hydrogen-bond donors (Lipinski definition) is 0. The van der Waals surface area contributed by atoms with Crippen molar-refractivity contribution >= 4 is 11.9 Å². The van der Waals surface area contributed by atoms with Crippen molar-refractivity contribution < 1.29 is 19.1 Å². The Balaban J connectivity index is 3.38. The fraction of sp³-hybridized carbons (Fsp3) is 0.647. The lowest BCUT2D eigenvalue weighted by molar-refractivity contribution is -0.143. The van der Waals surface area contributed by atoms with Crippen molar-refractivity contribution in [1.82, 2.24) is 0 Å². The number of rotatable bonds is 24. The minimum atomic E-state index is -0.534. The Morgan fingerprint density at radius 1 is 0.526 bits per heavy atom. The second-order valence-corrected chi connectivity index (χ2v) is 9.83. The van der Waals surface area contributed by atoms with E-state index in [2.05, 4.69) is 24.0 Å². The quantitative estimate of drug-likeness (QED) is 0.0548.